The van der Waals surface area contributed by atoms with Gasteiger partial charge in [-0.1, -0.05) is 12.1 Å². The Hall–Kier alpha value is -1.76. The fraction of sp³-hybridized carbons (Fsp3) is 0.111. The summed E-state index contributed by atoms with van der Waals surface area (Å²) in [4.78, 5) is 14.3. The van der Waals surface area contributed by atoms with Crippen molar-refractivity contribution in [1.29, 1.82) is 0 Å². The molecular weight excluding hydrogens is 278 g/mol. The predicted molar refractivity (Wildman–Crippen MR) is 58.8 cm³/mol. The molecule has 82 valence electrons. The second-order valence-corrected chi connectivity index (χ2v) is 3.80. The minimum atomic E-state index is -0.472. The van der Waals surface area contributed by atoms with Crippen molar-refractivity contribution in [1.82, 2.24) is 10.1 Å². The number of aryl methyl sites for hydroxylation is 1. The number of hydrogen-bond acceptors (Lipinski definition) is 5. The van der Waals surface area contributed by atoms with Crippen molar-refractivity contribution in [2.75, 3.05) is 0 Å². The van der Waals surface area contributed by atoms with Crippen LogP contribution in [-0.4, -0.2) is 15.1 Å². The smallest absolute Gasteiger partial charge is 0.282 e. The lowest BCUT2D eigenvalue weighted by atomic mass is 10.1. The average Bonchev–Trinajstić information content (AvgIpc) is 2.64. The van der Waals surface area contributed by atoms with Crippen LogP contribution in [0.1, 0.15) is 5.56 Å². The SMILES string of the molecule is Cc1cccc([N+](=O)[O-])c1-c1nc(Br)no1. The first-order chi connectivity index (χ1) is 7.59. The number of benzene rings is 1. The third-order valence-corrected chi connectivity index (χ3v) is 2.38. The average molecular weight is 284 g/mol. The van der Waals surface area contributed by atoms with E-state index >= 15 is 0 Å². The van der Waals surface area contributed by atoms with E-state index in [1.54, 1.807) is 19.1 Å². The third kappa shape index (κ3) is 1.81. The molecule has 0 atom stereocenters. The van der Waals surface area contributed by atoms with Crippen LogP contribution in [0.25, 0.3) is 11.5 Å². The van der Waals surface area contributed by atoms with Crippen molar-refractivity contribution in [3.63, 3.8) is 0 Å². The van der Waals surface area contributed by atoms with Crippen LogP contribution in [0.2, 0.25) is 0 Å². The molecule has 0 spiro atoms. The number of nitro groups is 1. The van der Waals surface area contributed by atoms with Crippen molar-refractivity contribution < 1.29 is 9.45 Å². The molecule has 16 heavy (non-hydrogen) atoms. The predicted octanol–water partition coefficient (Wildman–Crippen LogP) is 2.72. The van der Waals surface area contributed by atoms with E-state index in [0.29, 0.717) is 11.1 Å². The lowest BCUT2D eigenvalue weighted by Crippen LogP contribution is -1.94. The molecule has 1 aromatic heterocycles. The zero-order valence-electron chi connectivity index (χ0n) is 8.18. The molecule has 0 saturated heterocycles. The van der Waals surface area contributed by atoms with Crippen LogP contribution >= 0.6 is 15.9 Å². The van der Waals surface area contributed by atoms with Gasteiger partial charge < -0.3 is 4.52 Å². The van der Waals surface area contributed by atoms with Crippen molar-refractivity contribution in [2.24, 2.45) is 0 Å². The Morgan fingerprint density at radius 2 is 2.25 bits per heavy atom. The third-order valence-electron chi connectivity index (χ3n) is 2.06. The van der Waals surface area contributed by atoms with Crippen molar-refractivity contribution in [3.05, 3.63) is 38.6 Å². The van der Waals surface area contributed by atoms with E-state index in [1.807, 2.05) is 0 Å². The van der Waals surface area contributed by atoms with Gasteiger partial charge in [-0.3, -0.25) is 10.1 Å². The molecule has 0 amide bonds. The van der Waals surface area contributed by atoms with E-state index in [-0.39, 0.29) is 16.3 Å². The van der Waals surface area contributed by atoms with E-state index < -0.39 is 4.92 Å². The van der Waals surface area contributed by atoms with Crippen LogP contribution in [0.15, 0.2) is 27.5 Å². The largest absolute Gasteiger partial charge is 0.333 e. The quantitative estimate of drug-likeness (QED) is 0.625. The first-order valence-corrected chi connectivity index (χ1v) is 5.12. The van der Waals surface area contributed by atoms with Gasteiger partial charge in [-0.15, -0.1) is 0 Å². The fourth-order valence-corrected chi connectivity index (χ4v) is 1.62. The van der Waals surface area contributed by atoms with Gasteiger partial charge in [-0.25, -0.2) is 0 Å². The van der Waals surface area contributed by atoms with Crippen molar-refractivity contribution >= 4 is 21.6 Å². The molecule has 7 heteroatoms. The summed E-state index contributed by atoms with van der Waals surface area (Å²) in [5, 5.41) is 14.4. The maximum Gasteiger partial charge on any atom is 0.282 e. The standard InChI is InChI=1S/C9H6BrN3O3/c1-5-3-2-4-6(13(14)15)7(5)8-11-9(10)12-16-8/h2-4H,1H3. The van der Waals surface area contributed by atoms with E-state index in [4.69, 9.17) is 4.52 Å². The second kappa shape index (κ2) is 4.01. The fourth-order valence-electron chi connectivity index (χ4n) is 1.39. The Kier molecular flexibility index (Phi) is 2.69. The Morgan fingerprint density at radius 1 is 1.50 bits per heavy atom. The molecule has 6 nitrogen and oxygen atoms in total. The lowest BCUT2D eigenvalue weighted by Gasteiger charge is -2.00. The minimum absolute atomic E-state index is 0.0452. The van der Waals surface area contributed by atoms with Crippen LogP contribution in [0.3, 0.4) is 0 Å². The number of hydrogen-bond donors (Lipinski definition) is 0. The van der Waals surface area contributed by atoms with Gasteiger partial charge in [-0.05, 0) is 33.6 Å². The molecule has 0 aliphatic heterocycles. The number of nitro benzene ring substituents is 1. The topological polar surface area (TPSA) is 82.1 Å². The molecule has 0 N–H and O–H groups in total. The normalized spacial score (nSPS) is 10.4. The molecule has 0 aliphatic rings. The summed E-state index contributed by atoms with van der Waals surface area (Å²) in [7, 11) is 0. The Bertz CT molecular complexity index is 553. The molecule has 1 heterocycles. The molecule has 1 aromatic carbocycles. The number of halogens is 1. The van der Waals surface area contributed by atoms with Gasteiger partial charge in [0, 0.05) is 6.07 Å². The van der Waals surface area contributed by atoms with Gasteiger partial charge in [-0.2, -0.15) is 4.98 Å². The molecule has 0 radical (unpaired) electrons. The molecular formula is C9H6BrN3O3. The first kappa shape index (κ1) is 10.7. The van der Waals surface area contributed by atoms with Gasteiger partial charge >= 0.3 is 0 Å². The summed E-state index contributed by atoms with van der Waals surface area (Å²) in [6.07, 6.45) is 0. The number of nitrogens with zero attached hydrogens (tertiary/aromatic N) is 3. The molecule has 0 unspecified atom stereocenters. The Morgan fingerprint density at radius 3 is 2.81 bits per heavy atom. The van der Waals surface area contributed by atoms with Gasteiger partial charge in [0.05, 0.1) is 4.92 Å². The molecule has 0 bridgehead atoms. The maximum absolute atomic E-state index is 10.9. The highest BCUT2D eigenvalue weighted by Crippen LogP contribution is 2.31. The molecule has 2 aromatic rings. The summed E-state index contributed by atoms with van der Waals surface area (Å²) in [5.41, 5.74) is 1.02. The molecule has 2 rings (SSSR count). The molecule has 0 fully saturated rings. The van der Waals surface area contributed by atoms with E-state index in [1.165, 1.54) is 6.07 Å². The summed E-state index contributed by atoms with van der Waals surface area (Å²) in [6, 6.07) is 4.77. The van der Waals surface area contributed by atoms with E-state index in [0.717, 1.165) is 0 Å². The summed E-state index contributed by atoms with van der Waals surface area (Å²) >= 11 is 3.03. The first-order valence-electron chi connectivity index (χ1n) is 4.33. The highest BCUT2D eigenvalue weighted by molar-refractivity contribution is 9.10. The number of rotatable bonds is 2. The van der Waals surface area contributed by atoms with Gasteiger partial charge in [0.25, 0.3) is 11.6 Å². The Labute approximate surface area is 98.6 Å². The van der Waals surface area contributed by atoms with Gasteiger partial charge in [0.15, 0.2) is 0 Å². The monoisotopic (exact) mass is 283 g/mol. The van der Waals surface area contributed by atoms with Gasteiger partial charge in [0.1, 0.15) is 5.56 Å². The van der Waals surface area contributed by atoms with E-state index in [2.05, 4.69) is 26.1 Å². The minimum Gasteiger partial charge on any atom is -0.333 e. The highest BCUT2D eigenvalue weighted by atomic mass is 79.9. The van der Waals surface area contributed by atoms with E-state index in [9.17, 15) is 10.1 Å². The van der Waals surface area contributed by atoms with Crippen LogP contribution in [0.5, 0.6) is 0 Å². The highest BCUT2D eigenvalue weighted by Gasteiger charge is 2.21. The lowest BCUT2D eigenvalue weighted by molar-refractivity contribution is -0.384. The maximum atomic E-state index is 10.9. The number of aromatic nitrogens is 2. The van der Waals surface area contributed by atoms with Crippen LogP contribution in [0, 0.1) is 17.0 Å². The summed E-state index contributed by atoms with van der Waals surface area (Å²) in [5.74, 6) is 0.136. The summed E-state index contributed by atoms with van der Waals surface area (Å²) < 4.78 is 5.17. The van der Waals surface area contributed by atoms with Crippen LogP contribution in [0.4, 0.5) is 5.69 Å². The second-order valence-electron chi connectivity index (χ2n) is 3.09. The van der Waals surface area contributed by atoms with Crippen LogP contribution < -0.4 is 0 Å². The van der Waals surface area contributed by atoms with Crippen molar-refractivity contribution in [2.45, 2.75) is 6.92 Å². The zero-order valence-corrected chi connectivity index (χ0v) is 9.76. The summed E-state index contributed by atoms with van der Waals surface area (Å²) in [6.45, 7) is 1.75. The molecule has 0 aliphatic carbocycles. The van der Waals surface area contributed by atoms with Crippen LogP contribution in [-0.2, 0) is 0 Å². The Balaban J connectivity index is 2.67. The van der Waals surface area contributed by atoms with Crippen molar-refractivity contribution in [3.8, 4) is 11.5 Å². The molecule has 0 saturated carbocycles. The zero-order chi connectivity index (χ0) is 11.7. The van der Waals surface area contributed by atoms with Gasteiger partial charge in [0.2, 0.25) is 4.73 Å².